The Morgan fingerprint density at radius 1 is 1.50 bits per heavy atom. The zero-order chi connectivity index (χ0) is 13.1. The minimum atomic E-state index is 0.0640. The topological polar surface area (TPSA) is 53.1 Å². The van der Waals surface area contributed by atoms with Crippen molar-refractivity contribution in [3.63, 3.8) is 0 Å². The summed E-state index contributed by atoms with van der Waals surface area (Å²) in [4.78, 5) is 2.40. The van der Waals surface area contributed by atoms with E-state index >= 15 is 0 Å². The molecule has 0 radical (unpaired) electrons. The highest BCUT2D eigenvalue weighted by Crippen LogP contribution is 2.32. The van der Waals surface area contributed by atoms with Crippen LogP contribution in [0.4, 0.5) is 5.69 Å². The monoisotopic (exact) mass is 265 g/mol. The van der Waals surface area contributed by atoms with Crippen LogP contribution in [0.15, 0.2) is 18.2 Å². The average molecular weight is 266 g/mol. The number of nitrogen functional groups attached to an aromatic ring is 1. The Morgan fingerprint density at radius 3 is 2.89 bits per heavy atom. The van der Waals surface area contributed by atoms with E-state index in [1.165, 1.54) is 19.3 Å². The number of piperidine rings is 1. The van der Waals surface area contributed by atoms with Crippen molar-refractivity contribution in [1.82, 2.24) is 0 Å². The Bertz CT molecular complexity index is 445. The number of hydrogen-bond donors (Lipinski definition) is 2. The Morgan fingerprint density at radius 2 is 2.28 bits per heavy atom. The molecule has 98 valence electrons. The molecule has 3 nitrogen and oxygen atoms in total. The number of amidine groups is 1. The fourth-order valence-corrected chi connectivity index (χ4v) is 2.94. The van der Waals surface area contributed by atoms with Crippen LogP contribution >= 0.6 is 11.6 Å². The lowest BCUT2D eigenvalue weighted by atomic mass is 9.99. The van der Waals surface area contributed by atoms with Crippen LogP contribution in [0.3, 0.4) is 0 Å². The largest absolute Gasteiger partial charge is 0.384 e. The first-order chi connectivity index (χ1) is 8.63. The molecule has 18 heavy (non-hydrogen) atoms. The Kier molecular flexibility index (Phi) is 4.12. The van der Waals surface area contributed by atoms with E-state index < -0.39 is 0 Å². The van der Waals surface area contributed by atoms with Crippen LogP contribution in [0.1, 0.15) is 38.2 Å². The SMILES string of the molecule is CCC1CCCCN1c1ccc(C(=N)N)cc1Cl. The first-order valence-electron chi connectivity index (χ1n) is 6.54. The maximum absolute atomic E-state index is 7.43. The third-order valence-electron chi connectivity index (χ3n) is 3.67. The van der Waals surface area contributed by atoms with Crippen molar-refractivity contribution in [3.8, 4) is 0 Å². The molecule has 4 heteroatoms. The highest BCUT2D eigenvalue weighted by Gasteiger charge is 2.22. The van der Waals surface area contributed by atoms with Gasteiger partial charge in [0.1, 0.15) is 5.84 Å². The van der Waals surface area contributed by atoms with Crippen LogP contribution in [0.25, 0.3) is 0 Å². The molecule has 1 aromatic carbocycles. The Balaban J connectivity index is 2.29. The van der Waals surface area contributed by atoms with Crippen LogP contribution in [0, 0.1) is 5.41 Å². The summed E-state index contributed by atoms with van der Waals surface area (Å²) in [6, 6.07) is 6.25. The van der Waals surface area contributed by atoms with Gasteiger partial charge in [-0.15, -0.1) is 0 Å². The molecule has 3 N–H and O–H groups in total. The van der Waals surface area contributed by atoms with Gasteiger partial charge in [-0.3, -0.25) is 5.41 Å². The van der Waals surface area contributed by atoms with Gasteiger partial charge in [0.25, 0.3) is 0 Å². The lowest BCUT2D eigenvalue weighted by molar-refractivity contribution is 0.450. The van der Waals surface area contributed by atoms with Gasteiger partial charge in [-0.2, -0.15) is 0 Å². The van der Waals surface area contributed by atoms with Crippen molar-refractivity contribution in [1.29, 1.82) is 5.41 Å². The molecular formula is C14H20ClN3. The number of rotatable bonds is 3. The molecule has 1 saturated heterocycles. The fraction of sp³-hybridized carbons (Fsp3) is 0.500. The molecule has 1 aromatic rings. The fourth-order valence-electron chi connectivity index (χ4n) is 2.65. The lowest BCUT2D eigenvalue weighted by Crippen LogP contribution is -2.39. The smallest absolute Gasteiger partial charge is 0.122 e. The summed E-state index contributed by atoms with van der Waals surface area (Å²) in [6.07, 6.45) is 4.91. The van der Waals surface area contributed by atoms with Crippen molar-refractivity contribution in [3.05, 3.63) is 28.8 Å². The van der Waals surface area contributed by atoms with E-state index in [0.717, 1.165) is 18.7 Å². The summed E-state index contributed by atoms with van der Waals surface area (Å²) in [7, 11) is 0. The molecule has 1 fully saturated rings. The van der Waals surface area contributed by atoms with E-state index in [1.807, 2.05) is 12.1 Å². The van der Waals surface area contributed by atoms with Crippen molar-refractivity contribution in [2.75, 3.05) is 11.4 Å². The Hall–Kier alpha value is -1.22. The molecule has 0 spiro atoms. The molecule has 0 saturated carbocycles. The van der Waals surface area contributed by atoms with Gasteiger partial charge in [-0.05, 0) is 43.9 Å². The van der Waals surface area contributed by atoms with E-state index in [4.69, 9.17) is 22.7 Å². The van der Waals surface area contributed by atoms with Gasteiger partial charge in [-0.1, -0.05) is 18.5 Å². The summed E-state index contributed by atoms with van der Waals surface area (Å²) in [5, 5.41) is 8.13. The van der Waals surface area contributed by atoms with Gasteiger partial charge >= 0.3 is 0 Å². The standard InChI is InChI=1S/C14H20ClN3/c1-2-11-5-3-4-8-18(11)13-7-6-10(14(16)17)9-12(13)15/h6-7,9,11H,2-5,8H2,1H3,(H3,16,17). The maximum Gasteiger partial charge on any atom is 0.122 e. The van der Waals surface area contributed by atoms with Gasteiger partial charge in [0.2, 0.25) is 0 Å². The summed E-state index contributed by atoms with van der Waals surface area (Å²) in [5.41, 5.74) is 7.24. The number of nitrogens with zero attached hydrogens (tertiary/aromatic N) is 1. The van der Waals surface area contributed by atoms with Crippen LogP contribution in [0.5, 0.6) is 0 Å². The number of halogens is 1. The van der Waals surface area contributed by atoms with Crippen molar-refractivity contribution in [2.24, 2.45) is 5.73 Å². The molecule has 1 atom stereocenters. The molecule has 1 unspecified atom stereocenters. The van der Waals surface area contributed by atoms with Gasteiger partial charge in [0.15, 0.2) is 0 Å². The van der Waals surface area contributed by atoms with Gasteiger partial charge in [-0.25, -0.2) is 0 Å². The van der Waals surface area contributed by atoms with Crippen LogP contribution in [-0.2, 0) is 0 Å². The molecule has 0 aromatic heterocycles. The molecule has 1 aliphatic rings. The van der Waals surface area contributed by atoms with Gasteiger partial charge < -0.3 is 10.6 Å². The van der Waals surface area contributed by atoms with E-state index in [0.29, 0.717) is 16.6 Å². The molecule has 0 aliphatic carbocycles. The minimum absolute atomic E-state index is 0.0640. The van der Waals surface area contributed by atoms with Gasteiger partial charge in [0.05, 0.1) is 10.7 Å². The molecule has 2 rings (SSSR count). The zero-order valence-electron chi connectivity index (χ0n) is 10.7. The number of nitrogens with one attached hydrogen (secondary N) is 1. The highest BCUT2D eigenvalue weighted by molar-refractivity contribution is 6.33. The molecule has 1 aliphatic heterocycles. The second-order valence-corrected chi connectivity index (χ2v) is 5.24. The first kappa shape index (κ1) is 13.2. The predicted octanol–water partition coefficient (Wildman–Crippen LogP) is 3.39. The summed E-state index contributed by atoms with van der Waals surface area (Å²) in [6.45, 7) is 3.29. The molecule has 0 bridgehead atoms. The lowest BCUT2D eigenvalue weighted by Gasteiger charge is -2.37. The normalized spacial score (nSPS) is 19.9. The highest BCUT2D eigenvalue weighted by atomic mass is 35.5. The molecular weight excluding hydrogens is 246 g/mol. The van der Waals surface area contributed by atoms with Crippen LogP contribution in [0.2, 0.25) is 5.02 Å². The van der Waals surface area contributed by atoms with Crippen LogP contribution in [-0.4, -0.2) is 18.4 Å². The second kappa shape index (κ2) is 5.61. The van der Waals surface area contributed by atoms with E-state index in [2.05, 4.69) is 11.8 Å². The van der Waals surface area contributed by atoms with E-state index in [1.54, 1.807) is 6.07 Å². The van der Waals surface area contributed by atoms with E-state index in [9.17, 15) is 0 Å². The van der Waals surface area contributed by atoms with Crippen molar-refractivity contribution < 1.29 is 0 Å². The summed E-state index contributed by atoms with van der Waals surface area (Å²) >= 11 is 6.34. The molecule has 1 heterocycles. The predicted molar refractivity (Wildman–Crippen MR) is 77.7 cm³/mol. The number of nitrogens with two attached hydrogens (primary N) is 1. The maximum atomic E-state index is 7.43. The van der Waals surface area contributed by atoms with Gasteiger partial charge in [0, 0.05) is 18.2 Å². The third-order valence-corrected chi connectivity index (χ3v) is 3.97. The summed E-state index contributed by atoms with van der Waals surface area (Å²) < 4.78 is 0. The van der Waals surface area contributed by atoms with Crippen molar-refractivity contribution in [2.45, 2.75) is 38.6 Å². The van der Waals surface area contributed by atoms with Crippen LogP contribution < -0.4 is 10.6 Å². The minimum Gasteiger partial charge on any atom is -0.384 e. The van der Waals surface area contributed by atoms with E-state index in [-0.39, 0.29) is 5.84 Å². The molecule has 0 amide bonds. The third kappa shape index (κ3) is 2.61. The zero-order valence-corrected chi connectivity index (χ0v) is 11.5. The quantitative estimate of drug-likeness (QED) is 0.650. The second-order valence-electron chi connectivity index (χ2n) is 4.83. The number of anilines is 1. The van der Waals surface area contributed by atoms with Crippen molar-refractivity contribution >= 4 is 23.1 Å². The Labute approximate surface area is 113 Å². The first-order valence-corrected chi connectivity index (χ1v) is 6.92. The summed E-state index contributed by atoms with van der Waals surface area (Å²) in [5.74, 6) is 0.0640. The average Bonchev–Trinajstić information content (AvgIpc) is 2.38. The number of hydrogen-bond acceptors (Lipinski definition) is 2. The number of benzene rings is 1.